The molecule has 0 unspecified atom stereocenters. The van der Waals surface area contributed by atoms with Gasteiger partial charge >= 0.3 is 0 Å². The summed E-state index contributed by atoms with van der Waals surface area (Å²) in [6.07, 6.45) is 1.14. The molecule has 0 radical (unpaired) electrons. The minimum absolute atomic E-state index is 0.679. The Bertz CT molecular complexity index is 371. The Morgan fingerprint density at radius 3 is 2.81 bits per heavy atom. The third-order valence-electron chi connectivity index (χ3n) is 2.15. The van der Waals surface area contributed by atoms with E-state index in [4.69, 9.17) is 5.26 Å². The fraction of sp³-hybridized carbons (Fsp3) is 0.417. The molecule has 16 heavy (non-hydrogen) atoms. The van der Waals surface area contributed by atoms with Crippen LogP contribution in [0, 0.1) is 11.3 Å². The second-order valence-corrected chi connectivity index (χ2v) is 4.39. The van der Waals surface area contributed by atoms with Crippen molar-refractivity contribution in [3.8, 4) is 6.07 Å². The summed E-state index contributed by atoms with van der Waals surface area (Å²) in [6, 6.07) is 7.79. The highest BCUT2D eigenvalue weighted by Gasteiger charge is 2.01. The van der Waals surface area contributed by atoms with Gasteiger partial charge in [0.2, 0.25) is 0 Å². The molecule has 0 heterocycles. The second kappa shape index (κ2) is 7.26. The lowest BCUT2D eigenvalue weighted by Crippen LogP contribution is -2.22. The minimum atomic E-state index is 0.679. The highest BCUT2D eigenvalue weighted by Crippen LogP contribution is 2.20. The summed E-state index contributed by atoms with van der Waals surface area (Å²) in [5.74, 6) is 0. The molecule has 0 spiro atoms. The lowest BCUT2D eigenvalue weighted by atomic mass is 10.2. The maximum Gasteiger partial charge on any atom is 0.101 e. The molecular weight excluding hydrogens is 266 g/mol. The van der Waals surface area contributed by atoms with Crippen molar-refractivity contribution in [1.29, 1.82) is 5.26 Å². The van der Waals surface area contributed by atoms with Crippen molar-refractivity contribution in [3.05, 3.63) is 28.2 Å². The van der Waals surface area contributed by atoms with Gasteiger partial charge in [-0.1, -0.05) is 22.9 Å². The van der Waals surface area contributed by atoms with Gasteiger partial charge in [0.15, 0.2) is 0 Å². The smallest absolute Gasteiger partial charge is 0.101 e. The molecule has 0 saturated heterocycles. The summed E-state index contributed by atoms with van der Waals surface area (Å²) < 4.78 is 0.982. The van der Waals surface area contributed by atoms with Gasteiger partial charge in [-0.05, 0) is 31.2 Å². The maximum absolute atomic E-state index is 8.93. The molecule has 0 amide bonds. The van der Waals surface area contributed by atoms with E-state index in [1.54, 1.807) is 0 Å². The molecule has 0 aliphatic carbocycles. The zero-order valence-corrected chi connectivity index (χ0v) is 11.0. The minimum Gasteiger partial charge on any atom is -0.383 e. The summed E-state index contributed by atoms with van der Waals surface area (Å²) in [6.45, 7) is 4.91. The van der Waals surface area contributed by atoms with Gasteiger partial charge in [0, 0.05) is 17.6 Å². The fourth-order valence-electron chi connectivity index (χ4n) is 1.35. The lowest BCUT2D eigenvalue weighted by Gasteiger charge is -2.09. The van der Waals surface area contributed by atoms with Crippen LogP contribution in [0.1, 0.15) is 18.9 Å². The largest absolute Gasteiger partial charge is 0.383 e. The summed E-state index contributed by atoms with van der Waals surface area (Å²) in [4.78, 5) is 0. The monoisotopic (exact) mass is 281 g/mol. The number of nitriles is 1. The summed E-state index contributed by atoms with van der Waals surface area (Å²) in [5.41, 5.74) is 1.56. The van der Waals surface area contributed by atoms with Crippen LogP contribution in [-0.2, 0) is 0 Å². The number of nitrogens with one attached hydrogen (secondary N) is 2. The number of halogens is 1. The Morgan fingerprint density at radius 2 is 2.12 bits per heavy atom. The Morgan fingerprint density at radius 1 is 1.31 bits per heavy atom. The fourth-order valence-corrected chi connectivity index (χ4v) is 1.71. The van der Waals surface area contributed by atoms with Gasteiger partial charge < -0.3 is 10.6 Å². The van der Waals surface area contributed by atoms with Gasteiger partial charge in [0.25, 0.3) is 0 Å². The van der Waals surface area contributed by atoms with Crippen molar-refractivity contribution in [2.24, 2.45) is 0 Å². The van der Waals surface area contributed by atoms with Crippen LogP contribution in [0.15, 0.2) is 22.7 Å². The molecule has 0 aromatic heterocycles. The normalized spacial score (nSPS) is 9.81. The molecule has 0 aliphatic heterocycles. The Hall–Kier alpha value is -1.05. The molecule has 0 aliphatic rings. The average Bonchev–Trinajstić information content (AvgIpc) is 2.29. The molecule has 4 heteroatoms. The van der Waals surface area contributed by atoms with Crippen LogP contribution in [-0.4, -0.2) is 19.6 Å². The molecular formula is C12H16BrN3. The number of anilines is 1. The van der Waals surface area contributed by atoms with Crippen molar-refractivity contribution < 1.29 is 0 Å². The van der Waals surface area contributed by atoms with E-state index < -0.39 is 0 Å². The SMILES string of the molecule is CCCNCCNc1cc(Br)ccc1C#N. The maximum atomic E-state index is 8.93. The second-order valence-electron chi connectivity index (χ2n) is 3.48. The van der Waals surface area contributed by atoms with E-state index in [1.807, 2.05) is 18.2 Å². The molecule has 2 N–H and O–H groups in total. The topological polar surface area (TPSA) is 47.8 Å². The van der Waals surface area contributed by atoms with E-state index in [-0.39, 0.29) is 0 Å². The molecule has 0 atom stereocenters. The van der Waals surface area contributed by atoms with Crippen LogP contribution in [0.5, 0.6) is 0 Å². The van der Waals surface area contributed by atoms with Crippen molar-refractivity contribution in [1.82, 2.24) is 5.32 Å². The number of hydrogen-bond acceptors (Lipinski definition) is 3. The number of benzene rings is 1. The van der Waals surface area contributed by atoms with Gasteiger partial charge in [0.1, 0.15) is 6.07 Å². The molecule has 0 bridgehead atoms. The lowest BCUT2D eigenvalue weighted by molar-refractivity contribution is 0.688. The third kappa shape index (κ3) is 4.21. The van der Waals surface area contributed by atoms with E-state index in [2.05, 4.69) is 39.6 Å². The number of rotatable bonds is 6. The molecule has 3 nitrogen and oxygen atoms in total. The molecule has 0 fully saturated rings. The number of hydrogen-bond donors (Lipinski definition) is 2. The average molecular weight is 282 g/mol. The molecule has 1 aromatic carbocycles. The zero-order valence-electron chi connectivity index (χ0n) is 9.39. The highest BCUT2D eigenvalue weighted by molar-refractivity contribution is 9.10. The standard InChI is InChI=1S/C12H16BrN3/c1-2-5-15-6-7-16-12-8-11(13)4-3-10(12)9-14/h3-4,8,15-16H,2,5-7H2,1H3. The van der Waals surface area contributed by atoms with E-state index in [0.717, 1.165) is 36.2 Å². The van der Waals surface area contributed by atoms with Gasteiger partial charge in [-0.15, -0.1) is 0 Å². The van der Waals surface area contributed by atoms with E-state index >= 15 is 0 Å². The quantitative estimate of drug-likeness (QED) is 0.789. The first kappa shape index (κ1) is 13.0. The van der Waals surface area contributed by atoms with Crippen molar-refractivity contribution >= 4 is 21.6 Å². The number of nitrogens with zero attached hydrogens (tertiary/aromatic N) is 1. The van der Waals surface area contributed by atoms with Gasteiger partial charge in [-0.2, -0.15) is 5.26 Å². The van der Waals surface area contributed by atoms with Crippen LogP contribution in [0.2, 0.25) is 0 Å². The van der Waals surface area contributed by atoms with Gasteiger partial charge in [0.05, 0.1) is 11.3 Å². The highest BCUT2D eigenvalue weighted by atomic mass is 79.9. The van der Waals surface area contributed by atoms with Crippen LogP contribution < -0.4 is 10.6 Å². The Balaban J connectivity index is 2.46. The molecule has 1 aromatic rings. The third-order valence-corrected chi connectivity index (χ3v) is 2.64. The van der Waals surface area contributed by atoms with Gasteiger partial charge in [-0.25, -0.2) is 0 Å². The Labute approximate surface area is 105 Å². The summed E-state index contributed by atoms with van der Waals surface area (Å²) >= 11 is 3.39. The van der Waals surface area contributed by atoms with Crippen LogP contribution in [0.25, 0.3) is 0 Å². The van der Waals surface area contributed by atoms with E-state index in [1.165, 1.54) is 0 Å². The molecule has 1 rings (SSSR count). The predicted molar refractivity (Wildman–Crippen MR) is 70.5 cm³/mol. The molecule has 0 saturated carbocycles. The van der Waals surface area contributed by atoms with E-state index in [0.29, 0.717) is 5.56 Å². The first-order chi connectivity index (χ1) is 7.77. The summed E-state index contributed by atoms with van der Waals surface area (Å²) in [5, 5.41) is 15.5. The van der Waals surface area contributed by atoms with Crippen molar-refractivity contribution in [2.75, 3.05) is 25.0 Å². The van der Waals surface area contributed by atoms with E-state index in [9.17, 15) is 0 Å². The van der Waals surface area contributed by atoms with Crippen molar-refractivity contribution in [2.45, 2.75) is 13.3 Å². The van der Waals surface area contributed by atoms with Crippen LogP contribution in [0.4, 0.5) is 5.69 Å². The van der Waals surface area contributed by atoms with Crippen molar-refractivity contribution in [3.63, 3.8) is 0 Å². The molecule has 86 valence electrons. The van der Waals surface area contributed by atoms with Crippen LogP contribution in [0.3, 0.4) is 0 Å². The summed E-state index contributed by atoms with van der Waals surface area (Å²) in [7, 11) is 0. The first-order valence-electron chi connectivity index (χ1n) is 5.42. The van der Waals surface area contributed by atoms with Crippen LogP contribution >= 0.6 is 15.9 Å². The first-order valence-corrected chi connectivity index (χ1v) is 6.21. The Kier molecular flexibility index (Phi) is 5.91. The van der Waals surface area contributed by atoms with Gasteiger partial charge in [-0.3, -0.25) is 0 Å². The zero-order chi connectivity index (χ0) is 11.8. The predicted octanol–water partition coefficient (Wildman–Crippen LogP) is 2.73.